The molecule has 2 aliphatic rings. The van der Waals surface area contributed by atoms with Gasteiger partial charge in [0, 0.05) is 31.4 Å². The first-order chi connectivity index (χ1) is 14.6. The largest absolute Gasteiger partial charge is 0.479 e. The van der Waals surface area contributed by atoms with Crippen LogP contribution in [0.25, 0.3) is 0 Å². The third-order valence-electron chi connectivity index (χ3n) is 5.89. The quantitative estimate of drug-likeness (QED) is 0.643. The lowest BCUT2D eigenvalue weighted by molar-refractivity contribution is 0.0515. The molecule has 31 heavy (non-hydrogen) atoms. The summed E-state index contributed by atoms with van der Waals surface area (Å²) in [6.45, 7) is 8.99. The molecule has 1 aliphatic heterocycles. The van der Waals surface area contributed by atoms with Crippen LogP contribution in [-0.2, 0) is 22.9 Å². The molecule has 7 nitrogen and oxygen atoms in total. The molecule has 0 saturated heterocycles. The van der Waals surface area contributed by atoms with E-state index in [0.29, 0.717) is 12.8 Å². The number of halogens is 1. The van der Waals surface area contributed by atoms with Gasteiger partial charge in [-0.1, -0.05) is 19.6 Å². The van der Waals surface area contributed by atoms with Crippen molar-refractivity contribution in [3.8, 4) is 5.88 Å². The number of allylic oxidation sites excluding steroid dienone is 3. The smallest absolute Gasteiger partial charge is 0.263 e. The second-order valence-electron chi connectivity index (χ2n) is 8.43. The SMILES string of the molecule is C=C(N=C/C(=C\C)S(=O)(=O)Nc1cc2c(nc1OC)CCN(C)CC2)C1(F)CC(C)C1. The maximum Gasteiger partial charge on any atom is 0.263 e. The van der Waals surface area contributed by atoms with Crippen molar-refractivity contribution < 1.29 is 17.5 Å². The number of pyridine rings is 1. The fraction of sp³-hybridized carbons (Fsp3) is 0.545. The molecular weight excluding hydrogens is 419 g/mol. The van der Waals surface area contributed by atoms with Crippen LogP contribution in [0.1, 0.15) is 37.9 Å². The van der Waals surface area contributed by atoms with Gasteiger partial charge in [-0.15, -0.1) is 0 Å². The zero-order valence-corrected chi connectivity index (χ0v) is 19.4. The van der Waals surface area contributed by atoms with Gasteiger partial charge in [-0.05, 0) is 50.8 Å². The molecule has 1 fully saturated rings. The van der Waals surface area contributed by atoms with E-state index in [9.17, 15) is 12.8 Å². The number of likely N-dealkylation sites (N-methyl/N-ethyl adjacent to an activating group) is 1. The van der Waals surface area contributed by atoms with Crippen LogP contribution in [0.4, 0.5) is 10.1 Å². The zero-order valence-electron chi connectivity index (χ0n) is 18.6. The highest BCUT2D eigenvalue weighted by Gasteiger charge is 2.45. The molecule has 1 N–H and O–H groups in total. The van der Waals surface area contributed by atoms with Gasteiger partial charge in [0.15, 0.2) is 5.67 Å². The van der Waals surface area contributed by atoms with Gasteiger partial charge < -0.3 is 9.64 Å². The van der Waals surface area contributed by atoms with Gasteiger partial charge in [-0.25, -0.2) is 17.8 Å². The molecule has 0 atom stereocenters. The topological polar surface area (TPSA) is 83.9 Å². The summed E-state index contributed by atoms with van der Waals surface area (Å²) in [5.41, 5.74) is 0.672. The molecule has 1 aliphatic carbocycles. The summed E-state index contributed by atoms with van der Waals surface area (Å²) < 4.78 is 48.5. The number of nitrogens with zero attached hydrogens (tertiary/aromatic N) is 3. The van der Waals surface area contributed by atoms with Gasteiger partial charge in [-0.3, -0.25) is 9.71 Å². The number of ether oxygens (including phenoxy) is 1. The van der Waals surface area contributed by atoms with Crippen LogP contribution in [0.5, 0.6) is 5.88 Å². The van der Waals surface area contributed by atoms with Crippen LogP contribution in [0, 0.1) is 5.92 Å². The van der Waals surface area contributed by atoms with Crippen molar-refractivity contribution >= 4 is 21.9 Å². The van der Waals surface area contributed by atoms with Crippen LogP contribution in [0.3, 0.4) is 0 Å². The van der Waals surface area contributed by atoms with E-state index in [1.54, 1.807) is 13.0 Å². The van der Waals surface area contributed by atoms with E-state index >= 15 is 0 Å². The summed E-state index contributed by atoms with van der Waals surface area (Å²) in [7, 11) is -0.476. The number of nitrogens with one attached hydrogen (secondary N) is 1. The van der Waals surface area contributed by atoms with Gasteiger partial charge in [0.1, 0.15) is 10.6 Å². The summed E-state index contributed by atoms with van der Waals surface area (Å²) in [4.78, 5) is 10.7. The number of sulfonamides is 1. The van der Waals surface area contributed by atoms with Crippen molar-refractivity contribution in [1.82, 2.24) is 9.88 Å². The lowest BCUT2D eigenvalue weighted by atomic mass is 9.72. The second-order valence-corrected chi connectivity index (χ2v) is 10.1. The second kappa shape index (κ2) is 9.08. The van der Waals surface area contributed by atoms with Crippen molar-refractivity contribution in [3.05, 3.63) is 40.6 Å². The van der Waals surface area contributed by atoms with Crippen LogP contribution in [-0.4, -0.2) is 57.4 Å². The molecule has 0 spiro atoms. The van der Waals surface area contributed by atoms with Crippen LogP contribution < -0.4 is 9.46 Å². The van der Waals surface area contributed by atoms with E-state index in [4.69, 9.17) is 4.74 Å². The molecule has 0 amide bonds. The standard InChI is InChI=1S/C22H31FN4O3S/c1-6-18(14-24-16(3)22(23)12-15(2)13-22)31(28,29)26-20-11-17-7-9-27(4)10-8-19(17)25-21(20)30-5/h6,11,14-15,26H,3,7-10,12-13H2,1-2,4-5H3/b18-6+,24-14?. The molecule has 0 bridgehead atoms. The van der Waals surface area contributed by atoms with Gasteiger partial charge >= 0.3 is 0 Å². The van der Waals surface area contributed by atoms with Crippen molar-refractivity contribution in [3.63, 3.8) is 0 Å². The molecular formula is C22H31FN4O3S. The average Bonchev–Trinajstić information content (AvgIpc) is 2.87. The van der Waals surface area contributed by atoms with Crippen molar-refractivity contribution in [2.75, 3.05) is 32.0 Å². The van der Waals surface area contributed by atoms with E-state index in [0.717, 1.165) is 43.4 Å². The van der Waals surface area contributed by atoms with Crippen molar-refractivity contribution in [2.24, 2.45) is 10.9 Å². The minimum atomic E-state index is -3.98. The summed E-state index contributed by atoms with van der Waals surface area (Å²) >= 11 is 0. The Morgan fingerprint density at radius 2 is 2.10 bits per heavy atom. The maximum atomic E-state index is 14.6. The predicted octanol–water partition coefficient (Wildman–Crippen LogP) is 3.49. The van der Waals surface area contributed by atoms with E-state index in [1.807, 2.05) is 14.0 Å². The van der Waals surface area contributed by atoms with Gasteiger partial charge in [-0.2, -0.15) is 0 Å². The zero-order chi connectivity index (χ0) is 22.8. The van der Waals surface area contributed by atoms with Gasteiger partial charge in [0.25, 0.3) is 10.0 Å². The highest BCUT2D eigenvalue weighted by molar-refractivity contribution is 7.97. The Morgan fingerprint density at radius 3 is 2.71 bits per heavy atom. The molecule has 9 heteroatoms. The van der Waals surface area contributed by atoms with Crippen LogP contribution >= 0.6 is 0 Å². The third kappa shape index (κ3) is 5.15. The number of hydrogen-bond acceptors (Lipinski definition) is 6. The highest BCUT2D eigenvalue weighted by atomic mass is 32.2. The number of aliphatic imine (C=N–C) groups is 1. The number of aromatic nitrogens is 1. The first kappa shape index (κ1) is 23.4. The summed E-state index contributed by atoms with van der Waals surface area (Å²) in [6.07, 6.45) is 4.80. The third-order valence-corrected chi connectivity index (χ3v) is 7.34. The maximum absolute atomic E-state index is 14.6. The number of anilines is 1. The van der Waals surface area contributed by atoms with Crippen molar-refractivity contribution in [2.45, 2.75) is 45.2 Å². The summed E-state index contributed by atoms with van der Waals surface area (Å²) in [5.74, 6) is 0.492. The number of rotatable bonds is 7. The fourth-order valence-corrected chi connectivity index (χ4v) is 5.05. The van der Waals surface area contributed by atoms with Crippen LogP contribution in [0.15, 0.2) is 34.3 Å². The Labute approximate surface area is 184 Å². The first-order valence-corrected chi connectivity index (χ1v) is 11.9. The molecule has 0 aromatic carbocycles. The number of methoxy groups -OCH3 is 1. The molecule has 2 heterocycles. The molecule has 1 saturated carbocycles. The minimum Gasteiger partial charge on any atom is -0.479 e. The van der Waals surface area contributed by atoms with E-state index in [1.165, 1.54) is 13.2 Å². The number of fused-ring (bicyclic) bond motifs is 1. The minimum absolute atomic E-state index is 0.0496. The predicted molar refractivity (Wildman–Crippen MR) is 122 cm³/mol. The van der Waals surface area contributed by atoms with Crippen LogP contribution in [0.2, 0.25) is 0 Å². The molecule has 3 rings (SSSR count). The molecule has 0 unspecified atom stereocenters. The molecule has 0 radical (unpaired) electrons. The normalized spacial score (nSPS) is 24.9. The monoisotopic (exact) mass is 450 g/mol. The lowest BCUT2D eigenvalue weighted by Crippen LogP contribution is -2.39. The Bertz CT molecular complexity index is 1010. The van der Waals surface area contributed by atoms with Gasteiger partial charge in [0.2, 0.25) is 5.88 Å². The lowest BCUT2D eigenvalue weighted by Gasteiger charge is -2.39. The molecule has 1 aromatic rings. The Morgan fingerprint density at radius 1 is 1.42 bits per heavy atom. The highest BCUT2D eigenvalue weighted by Crippen LogP contribution is 2.45. The fourth-order valence-electron chi connectivity index (χ4n) is 4.00. The Balaban J connectivity index is 1.82. The van der Waals surface area contributed by atoms with Gasteiger partial charge in [0.05, 0.1) is 12.8 Å². The summed E-state index contributed by atoms with van der Waals surface area (Å²) in [5, 5.41) is 0. The number of hydrogen-bond donors (Lipinski definition) is 1. The van der Waals surface area contributed by atoms with E-state index < -0.39 is 15.7 Å². The Kier molecular flexibility index (Phi) is 6.85. The number of alkyl halides is 1. The molecule has 1 aromatic heterocycles. The van der Waals surface area contributed by atoms with E-state index in [2.05, 4.69) is 26.2 Å². The van der Waals surface area contributed by atoms with E-state index in [-0.39, 0.29) is 28.1 Å². The summed E-state index contributed by atoms with van der Waals surface area (Å²) in [6, 6.07) is 1.79. The first-order valence-electron chi connectivity index (χ1n) is 10.4. The average molecular weight is 451 g/mol. The molecule has 170 valence electrons. The van der Waals surface area contributed by atoms with Crippen molar-refractivity contribution in [1.29, 1.82) is 0 Å². The Hall–Kier alpha value is -2.26.